The number of hydrogen-bond donors (Lipinski definition) is 1. The van der Waals surface area contributed by atoms with Gasteiger partial charge in [-0.05, 0) is 19.4 Å². The number of anilines is 1. The molecular weight excluding hydrogens is 237 g/mol. The lowest BCUT2D eigenvalue weighted by Crippen LogP contribution is -2.54. The zero-order valence-corrected chi connectivity index (χ0v) is 10.4. The van der Waals surface area contributed by atoms with E-state index >= 15 is 0 Å². The molecule has 0 bridgehead atoms. The van der Waals surface area contributed by atoms with Crippen molar-refractivity contribution in [3.63, 3.8) is 0 Å². The molecule has 1 aromatic heterocycles. The van der Waals surface area contributed by atoms with E-state index in [1.165, 1.54) is 0 Å². The fourth-order valence-electron chi connectivity index (χ4n) is 2.07. The van der Waals surface area contributed by atoms with E-state index in [2.05, 4.69) is 9.97 Å². The van der Waals surface area contributed by atoms with Crippen molar-refractivity contribution in [1.82, 2.24) is 9.97 Å². The van der Waals surface area contributed by atoms with Gasteiger partial charge in [0, 0.05) is 18.9 Å². The molecule has 0 spiro atoms. The maximum Gasteiger partial charge on any atom is 0.225 e. The van der Waals surface area contributed by atoms with Gasteiger partial charge >= 0.3 is 0 Å². The molecule has 18 heavy (non-hydrogen) atoms. The summed E-state index contributed by atoms with van der Waals surface area (Å²) in [5, 5.41) is 8.75. The van der Waals surface area contributed by atoms with Gasteiger partial charge in [0.2, 0.25) is 5.95 Å². The lowest BCUT2D eigenvalue weighted by Gasteiger charge is -2.41. The van der Waals surface area contributed by atoms with Crippen LogP contribution in [0.1, 0.15) is 13.3 Å². The lowest BCUT2D eigenvalue weighted by molar-refractivity contribution is -0.102. The van der Waals surface area contributed by atoms with Crippen molar-refractivity contribution in [2.75, 3.05) is 31.2 Å². The molecule has 0 saturated carbocycles. The number of aromatic nitrogens is 2. The summed E-state index contributed by atoms with van der Waals surface area (Å²) in [6, 6.07) is 1.73. The van der Waals surface area contributed by atoms with Gasteiger partial charge in [0.25, 0.3) is 0 Å². The minimum Gasteiger partial charge on any atom is -0.394 e. The van der Waals surface area contributed by atoms with Crippen LogP contribution in [0.15, 0.2) is 18.5 Å². The Kier molecular flexibility index (Phi) is 4.08. The molecule has 1 aliphatic heterocycles. The number of hydrogen-bond acceptors (Lipinski definition) is 5. The van der Waals surface area contributed by atoms with Crippen molar-refractivity contribution in [2.45, 2.75) is 25.1 Å². The highest BCUT2D eigenvalue weighted by atomic mass is 19.1. The van der Waals surface area contributed by atoms with Gasteiger partial charge < -0.3 is 14.7 Å². The van der Waals surface area contributed by atoms with E-state index in [-0.39, 0.29) is 19.8 Å². The van der Waals surface area contributed by atoms with E-state index in [0.717, 1.165) is 0 Å². The van der Waals surface area contributed by atoms with Gasteiger partial charge in [-0.2, -0.15) is 0 Å². The third-order valence-electron chi connectivity index (χ3n) is 3.28. The second-order valence-corrected chi connectivity index (χ2v) is 4.60. The quantitative estimate of drug-likeness (QED) is 0.862. The van der Waals surface area contributed by atoms with Gasteiger partial charge in [0.05, 0.1) is 19.8 Å². The normalized spacial score (nSPS) is 28.4. The molecule has 0 unspecified atom stereocenters. The fraction of sp³-hybridized carbons (Fsp3) is 0.667. The summed E-state index contributed by atoms with van der Waals surface area (Å²) < 4.78 is 19.6. The number of rotatable bonds is 4. The maximum absolute atomic E-state index is 14.2. The summed E-state index contributed by atoms with van der Waals surface area (Å²) in [7, 11) is 0. The van der Waals surface area contributed by atoms with Crippen LogP contribution in [0.2, 0.25) is 0 Å². The van der Waals surface area contributed by atoms with Crippen LogP contribution in [0.3, 0.4) is 0 Å². The summed E-state index contributed by atoms with van der Waals surface area (Å²) in [6.45, 7) is 2.68. The van der Waals surface area contributed by atoms with Crippen LogP contribution in [-0.4, -0.2) is 53.2 Å². The number of piperidine rings is 1. The van der Waals surface area contributed by atoms with Crippen molar-refractivity contribution >= 4 is 5.95 Å². The first kappa shape index (κ1) is 13.2. The van der Waals surface area contributed by atoms with Gasteiger partial charge in [0.1, 0.15) is 11.8 Å². The highest BCUT2D eigenvalue weighted by molar-refractivity contribution is 5.30. The van der Waals surface area contributed by atoms with Gasteiger partial charge in [-0.3, -0.25) is 0 Å². The van der Waals surface area contributed by atoms with Crippen LogP contribution < -0.4 is 4.90 Å². The van der Waals surface area contributed by atoms with Crippen LogP contribution in [0, 0.1) is 0 Å². The van der Waals surface area contributed by atoms with Gasteiger partial charge in [-0.1, -0.05) is 0 Å². The van der Waals surface area contributed by atoms with Crippen LogP contribution in [0.25, 0.3) is 0 Å². The zero-order chi connectivity index (χ0) is 13.0. The largest absolute Gasteiger partial charge is 0.394 e. The summed E-state index contributed by atoms with van der Waals surface area (Å²) in [4.78, 5) is 10.0. The lowest BCUT2D eigenvalue weighted by atomic mass is 9.91. The SMILES string of the molecule is C[C@@]1(OCCO)CCN(c2ncccn2)C[C@@H]1F. The predicted octanol–water partition coefficient (Wildman–Crippen LogP) is 0.792. The summed E-state index contributed by atoms with van der Waals surface area (Å²) in [6.07, 6.45) is 2.71. The minimum absolute atomic E-state index is 0.0895. The Morgan fingerprint density at radius 2 is 2.28 bits per heavy atom. The van der Waals surface area contributed by atoms with E-state index < -0.39 is 11.8 Å². The number of halogens is 1. The predicted molar refractivity (Wildman–Crippen MR) is 65.2 cm³/mol. The van der Waals surface area contributed by atoms with Crippen molar-refractivity contribution in [3.8, 4) is 0 Å². The Morgan fingerprint density at radius 3 is 2.89 bits per heavy atom. The Hall–Kier alpha value is -1.27. The summed E-state index contributed by atoms with van der Waals surface area (Å²) in [5.74, 6) is 0.546. The van der Waals surface area contributed by atoms with E-state index in [1.54, 1.807) is 25.4 Å². The molecule has 0 radical (unpaired) electrons. The first-order valence-corrected chi connectivity index (χ1v) is 6.06. The molecule has 0 amide bonds. The third-order valence-corrected chi connectivity index (χ3v) is 3.28. The Labute approximate surface area is 106 Å². The van der Waals surface area contributed by atoms with E-state index in [9.17, 15) is 4.39 Å². The van der Waals surface area contributed by atoms with Crippen molar-refractivity contribution in [3.05, 3.63) is 18.5 Å². The first-order valence-electron chi connectivity index (χ1n) is 6.06. The van der Waals surface area contributed by atoms with E-state index in [0.29, 0.717) is 18.9 Å². The molecule has 0 aliphatic carbocycles. The minimum atomic E-state index is -1.12. The van der Waals surface area contributed by atoms with Crippen molar-refractivity contribution < 1.29 is 14.2 Å². The van der Waals surface area contributed by atoms with Crippen LogP contribution in [-0.2, 0) is 4.74 Å². The maximum atomic E-state index is 14.2. The first-order chi connectivity index (χ1) is 8.65. The molecule has 2 atom stereocenters. The smallest absolute Gasteiger partial charge is 0.225 e. The Morgan fingerprint density at radius 1 is 1.56 bits per heavy atom. The second-order valence-electron chi connectivity index (χ2n) is 4.60. The number of aliphatic hydroxyl groups excluding tert-OH is 1. The highest BCUT2D eigenvalue weighted by Gasteiger charge is 2.41. The third kappa shape index (κ3) is 2.76. The number of ether oxygens (including phenoxy) is 1. The topological polar surface area (TPSA) is 58.5 Å². The number of nitrogens with zero attached hydrogens (tertiary/aromatic N) is 3. The monoisotopic (exact) mass is 255 g/mol. The van der Waals surface area contributed by atoms with Crippen LogP contribution >= 0.6 is 0 Å². The molecule has 1 N–H and O–H groups in total. The summed E-state index contributed by atoms with van der Waals surface area (Å²) in [5.41, 5.74) is -0.825. The molecule has 6 heteroatoms. The van der Waals surface area contributed by atoms with Gasteiger partial charge in [-0.15, -0.1) is 0 Å². The zero-order valence-electron chi connectivity index (χ0n) is 10.4. The highest BCUT2D eigenvalue weighted by Crippen LogP contribution is 2.29. The van der Waals surface area contributed by atoms with Gasteiger partial charge in [0.15, 0.2) is 0 Å². The molecule has 2 heterocycles. The van der Waals surface area contributed by atoms with Gasteiger partial charge in [-0.25, -0.2) is 14.4 Å². The summed E-state index contributed by atoms with van der Waals surface area (Å²) >= 11 is 0. The van der Waals surface area contributed by atoms with Crippen molar-refractivity contribution in [2.24, 2.45) is 0 Å². The molecule has 0 aromatic carbocycles. The number of alkyl halides is 1. The van der Waals surface area contributed by atoms with E-state index in [4.69, 9.17) is 9.84 Å². The van der Waals surface area contributed by atoms with Crippen LogP contribution in [0.4, 0.5) is 10.3 Å². The average molecular weight is 255 g/mol. The average Bonchev–Trinajstić information content (AvgIpc) is 2.41. The Balaban J connectivity index is 2.00. The number of aliphatic hydroxyl groups is 1. The second kappa shape index (κ2) is 5.58. The molecule has 5 nitrogen and oxygen atoms in total. The molecule has 1 fully saturated rings. The molecular formula is C12H18FN3O2. The fourth-order valence-corrected chi connectivity index (χ4v) is 2.07. The Bertz CT molecular complexity index is 379. The van der Waals surface area contributed by atoms with Crippen LogP contribution in [0.5, 0.6) is 0 Å². The molecule has 100 valence electrons. The molecule has 1 aromatic rings. The van der Waals surface area contributed by atoms with Crippen molar-refractivity contribution in [1.29, 1.82) is 0 Å². The standard InChI is InChI=1S/C12H18FN3O2/c1-12(18-8-7-17)3-6-16(9-10(12)13)11-14-4-2-5-15-11/h2,4-5,10,17H,3,6-9H2,1H3/t10-,12+/m0/s1. The van der Waals surface area contributed by atoms with E-state index in [1.807, 2.05) is 4.90 Å². The molecule has 2 rings (SSSR count). The molecule has 1 saturated heterocycles. The molecule has 1 aliphatic rings.